The Kier molecular flexibility index (Phi) is 17.0. The standard InChI is InChI=1S/C39H25N5.C36H28N4.C34H21N3O/c1-4-14-26(15-5-1)37-40-38(27-16-6-2-7-17-27)42-39(41-37)44-32-23-13-11-21-30(32)36-34(44)25-24-33-35(36)29-20-10-12-22-31(29)43(33)28-18-8-3-9-19-28;1-36(2)28-19-11-9-17-25(28)26-21-22-30-31(32(26)36)27-18-10-12-20-29(27)40(30)35-38-33(23-13-5-3-6-14-23)37-34(39-35)24-15-7-4-8-16-24;1-3-11-22(12-4-1)27-21-28(23-13-5-2-6-14-23)36-34(35-27)37-29-17-9-7-16-26(29)32-30(37)20-19-25-24-15-8-10-18-31(24)38-33(25)32/h1-25H;3-22,30-31H,1-2H3;1-21H. The number of benzene rings is 15. The maximum absolute atomic E-state index is 6.45. The van der Waals surface area contributed by atoms with Gasteiger partial charge >= 0.3 is 0 Å². The minimum absolute atomic E-state index is 0.0689. The van der Waals surface area contributed by atoms with Crippen molar-refractivity contribution in [1.29, 1.82) is 0 Å². The molecule has 0 bridgehead atoms. The third-order valence-corrected chi connectivity index (χ3v) is 24.3. The summed E-state index contributed by atoms with van der Waals surface area (Å²) in [5.41, 5.74) is 25.1. The van der Waals surface area contributed by atoms with E-state index in [1.165, 1.54) is 55.0 Å². The van der Waals surface area contributed by atoms with Crippen LogP contribution in [0.25, 0.3) is 179 Å². The molecule has 0 radical (unpaired) electrons. The zero-order chi connectivity index (χ0) is 80.9. The highest BCUT2D eigenvalue weighted by atomic mass is 16.3. The van der Waals surface area contributed by atoms with Crippen molar-refractivity contribution in [3.63, 3.8) is 0 Å². The van der Waals surface area contributed by atoms with E-state index in [0.717, 1.165) is 116 Å². The largest absolute Gasteiger partial charge is 0.455 e. The van der Waals surface area contributed by atoms with Gasteiger partial charge in [0.25, 0.3) is 0 Å². The molecule has 2 aliphatic carbocycles. The summed E-state index contributed by atoms with van der Waals surface area (Å²) in [7, 11) is 0. The Morgan fingerprint density at radius 1 is 0.303 bits per heavy atom. The van der Waals surface area contributed by atoms with E-state index in [1.54, 1.807) is 0 Å². The number of aromatic nitrogens is 11. The second-order valence-corrected chi connectivity index (χ2v) is 31.6. The van der Waals surface area contributed by atoms with Crippen LogP contribution in [0.1, 0.15) is 36.5 Å². The van der Waals surface area contributed by atoms with E-state index in [1.807, 2.05) is 146 Å². The fourth-order valence-corrected chi connectivity index (χ4v) is 18.9. The zero-order valence-electron chi connectivity index (χ0n) is 66.5. The van der Waals surface area contributed by atoms with Crippen molar-refractivity contribution in [2.24, 2.45) is 0 Å². The highest BCUT2D eigenvalue weighted by molar-refractivity contribution is 6.29. The lowest BCUT2D eigenvalue weighted by Crippen LogP contribution is -2.35. The minimum atomic E-state index is -0.0772. The quantitative estimate of drug-likeness (QED) is 0.130. The van der Waals surface area contributed by atoms with Gasteiger partial charge in [0.15, 0.2) is 23.3 Å². The van der Waals surface area contributed by atoms with Gasteiger partial charge in [-0.1, -0.05) is 341 Å². The van der Waals surface area contributed by atoms with E-state index in [0.29, 0.717) is 41.1 Å². The Hall–Kier alpha value is -16.1. The predicted octanol–water partition coefficient (Wildman–Crippen LogP) is 26.3. The Bertz CT molecular complexity index is 7740. The molecular formula is C109H74N12O. The number of nitrogens with zero attached hydrogens (tertiary/aromatic N) is 12. The normalized spacial score (nSPS) is 14.3. The molecule has 122 heavy (non-hydrogen) atoms. The number of fused-ring (bicyclic) bond motifs is 20. The lowest BCUT2D eigenvalue weighted by Gasteiger charge is -2.35. The average molecular weight is 1570 g/mol. The molecule has 0 saturated heterocycles. The van der Waals surface area contributed by atoms with Gasteiger partial charge in [-0.3, -0.25) is 9.13 Å². The van der Waals surface area contributed by atoms with Crippen LogP contribution in [0.4, 0.5) is 11.6 Å². The first-order valence-electron chi connectivity index (χ1n) is 41.3. The van der Waals surface area contributed by atoms with Gasteiger partial charge in [0.2, 0.25) is 17.8 Å². The van der Waals surface area contributed by atoms with E-state index in [9.17, 15) is 0 Å². The molecule has 22 aromatic rings. The molecule has 2 unspecified atom stereocenters. The van der Waals surface area contributed by atoms with Gasteiger partial charge in [-0.15, -0.1) is 0 Å². The van der Waals surface area contributed by atoms with Gasteiger partial charge in [0, 0.05) is 93.8 Å². The van der Waals surface area contributed by atoms with Crippen LogP contribution < -0.4 is 4.90 Å². The average Bonchev–Trinajstić information content (AvgIpc) is 1.54. The molecule has 13 heteroatoms. The molecule has 1 aliphatic heterocycles. The maximum atomic E-state index is 6.45. The molecule has 0 amide bonds. The second kappa shape index (κ2) is 29.2. The Balaban J connectivity index is 0.000000107. The molecular weight excluding hydrogens is 1490 g/mol. The Morgan fingerprint density at radius 2 is 0.697 bits per heavy atom. The SMILES string of the molecule is CC1(C)C2=C(C=CC3C2c2ccccc2N3c2nc(-c3ccccc3)nc(-c3ccccc3)n2)c2ccccc21.c1ccc(-c2cc(-c3ccccc3)nc(-n3c4ccccc4c4c5oc6ccccc6c5ccc43)n2)cc1.c1ccc(-c2nc(-c3ccccc3)nc(-n3c4ccccc4c4c5c6ccccc6n(-c6ccccc6)c5ccc43)n2)cc1. The summed E-state index contributed by atoms with van der Waals surface area (Å²) >= 11 is 0. The lowest BCUT2D eigenvalue weighted by atomic mass is 9.70. The van der Waals surface area contributed by atoms with E-state index in [4.69, 9.17) is 44.3 Å². The van der Waals surface area contributed by atoms with Crippen molar-refractivity contribution in [3.8, 4) is 85.7 Å². The Labute approximate surface area is 702 Å². The van der Waals surface area contributed by atoms with Gasteiger partial charge in [-0.2, -0.15) is 19.9 Å². The number of furan rings is 1. The number of hydrogen-bond acceptors (Lipinski definition) is 10. The number of hydrogen-bond donors (Lipinski definition) is 0. The van der Waals surface area contributed by atoms with Crippen LogP contribution in [0, 0.1) is 0 Å². The fourth-order valence-electron chi connectivity index (χ4n) is 18.9. The highest BCUT2D eigenvalue weighted by Gasteiger charge is 2.51. The molecule has 13 nitrogen and oxygen atoms in total. The summed E-state index contributed by atoms with van der Waals surface area (Å²) in [6, 6.07) is 134. The van der Waals surface area contributed by atoms with Crippen molar-refractivity contribution >= 4 is 105 Å². The third kappa shape index (κ3) is 11.8. The molecule has 25 rings (SSSR count). The molecule has 8 heterocycles. The van der Waals surface area contributed by atoms with Crippen molar-refractivity contribution < 1.29 is 4.42 Å². The summed E-state index contributed by atoms with van der Waals surface area (Å²) in [5, 5.41) is 9.20. The summed E-state index contributed by atoms with van der Waals surface area (Å²) < 4.78 is 13.2. The molecule has 15 aromatic carbocycles. The molecule has 2 atom stereocenters. The van der Waals surface area contributed by atoms with Crippen molar-refractivity contribution in [1.82, 2.24) is 53.6 Å². The first-order chi connectivity index (χ1) is 60.3. The van der Waals surface area contributed by atoms with Gasteiger partial charge in [-0.05, 0) is 101 Å². The number of rotatable bonds is 10. The first kappa shape index (κ1) is 71.2. The van der Waals surface area contributed by atoms with Crippen LogP contribution in [-0.2, 0) is 5.41 Å². The number of allylic oxidation sites excluding steroid dienone is 2. The maximum Gasteiger partial charge on any atom is 0.238 e. The third-order valence-electron chi connectivity index (χ3n) is 24.3. The van der Waals surface area contributed by atoms with E-state index >= 15 is 0 Å². The molecule has 3 aliphatic rings. The number of para-hydroxylation sites is 6. The van der Waals surface area contributed by atoms with Crippen molar-refractivity contribution in [3.05, 3.63) is 423 Å². The first-order valence-corrected chi connectivity index (χ1v) is 41.3. The van der Waals surface area contributed by atoms with E-state index < -0.39 is 0 Å². The topological polar surface area (TPSA) is 134 Å². The molecule has 0 fully saturated rings. The molecule has 0 saturated carbocycles. The molecule has 0 spiro atoms. The van der Waals surface area contributed by atoms with Crippen molar-refractivity contribution in [2.75, 3.05) is 4.90 Å². The predicted molar refractivity (Wildman–Crippen MR) is 495 cm³/mol. The molecule has 0 N–H and O–H groups in total. The van der Waals surface area contributed by atoms with E-state index in [2.05, 4.69) is 287 Å². The molecule has 7 aromatic heterocycles. The summed E-state index contributed by atoms with van der Waals surface area (Å²) in [6.45, 7) is 4.75. The van der Waals surface area contributed by atoms with Crippen LogP contribution in [0.15, 0.2) is 410 Å². The van der Waals surface area contributed by atoms with Gasteiger partial charge < -0.3 is 13.9 Å². The zero-order valence-corrected chi connectivity index (χ0v) is 66.5. The van der Waals surface area contributed by atoms with Crippen molar-refractivity contribution in [2.45, 2.75) is 31.2 Å². The van der Waals surface area contributed by atoms with Gasteiger partial charge in [-0.25, -0.2) is 19.9 Å². The summed E-state index contributed by atoms with van der Waals surface area (Å²) in [5.74, 6) is 4.74. The Morgan fingerprint density at radius 3 is 1.23 bits per heavy atom. The van der Waals surface area contributed by atoms with E-state index in [-0.39, 0.29) is 17.4 Å². The lowest BCUT2D eigenvalue weighted by molar-refractivity contribution is 0.555. The molecule has 576 valence electrons. The monoisotopic (exact) mass is 1570 g/mol. The van der Waals surface area contributed by atoms with Crippen LogP contribution in [0.3, 0.4) is 0 Å². The van der Waals surface area contributed by atoms with Crippen LogP contribution in [0.5, 0.6) is 0 Å². The second-order valence-electron chi connectivity index (χ2n) is 31.6. The highest BCUT2D eigenvalue weighted by Crippen LogP contribution is 2.60. The summed E-state index contributed by atoms with van der Waals surface area (Å²) in [4.78, 5) is 42.9. The summed E-state index contributed by atoms with van der Waals surface area (Å²) in [6.07, 6.45) is 4.69. The van der Waals surface area contributed by atoms with Gasteiger partial charge in [0.05, 0.1) is 55.9 Å². The number of anilines is 2. The fraction of sp³-hybridized carbons (Fsp3) is 0.0459. The van der Waals surface area contributed by atoms with Crippen LogP contribution in [0.2, 0.25) is 0 Å². The van der Waals surface area contributed by atoms with Gasteiger partial charge in [0.1, 0.15) is 11.2 Å². The van der Waals surface area contributed by atoms with Crippen LogP contribution in [-0.4, -0.2) is 59.6 Å². The minimum Gasteiger partial charge on any atom is -0.455 e. The van der Waals surface area contributed by atoms with Crippen LogP contribution >= 0.6 is 0 Å². The smallest absolute Gasteiger partial charge is 0.238 e.